The SMILES string of the molecule is CC1CN(C(=O)c2cnc(NN)cn2)CC(CO)O1. The van der Waals surface area contributed by atoms with Crippen LogP contribution in [-0.4, -0.2) is 57.8 Å². The molecule has 1 saturated heterocycles. The number of hydrogen-bond acceptors (Lipinski definition) is 7. The van der Waals surface area contributed by atoms with E-state index in [2.05, 4.69) is 15.4 Å². The molecular formula is C11H17N5O3. The van der Waals surface area contributed by atoms with Crippen molar-refractivity contribution in [2.24, 2.45) is 5.84 Å². The Morgan fingerprint density at radius 2 is 2.37 bits per heavy atom. The van der Waals surface area contributed by atoms with E-state index in [1.165, 1.54) is 12.4 Å². The van der Waals surface area contributed by atoms with Crippen molar-refractivity contribution < 1.29 is 14.6 Å². The zero-order chi connectivity index (χ0) is 13.8. The Kier molecular flexibility index (Phi) is 4.25. The predicted molar refractivity (Wildman–Crippen MR) is 67.2 cm³/mol. The molecule has 1 aromatic heterocycles. The van der Waals surface area contributed by atoms with Crippen LogP contribution in [-0.2, 0) is 4.74 Å². The molecule has 1 aliphatic rings. The van der Waals surface area contributed by atoms with Crippen LogP contribution in [0.5, 0.6) is 0 Å². The van der Waals surface area contributed by atoms with Crippen molar-refractivity contribution in [1.82, 2.24) is 14.9 Å². The van der Waals surface area contributed by atoms with Gasteiger partial charge in [0.2, 0.25) is 0 Å². The number of nitrogen functional groups attached to an aromatic ring is 1. The molecule has 0 spiro atoms. The van der Waals surface area contributed by atoms with Gasteiger partial charge in [0.15, 0.2) is 5.82 Å². The van der Waals surface area contributed by atoms with Crippen molar-refractivity contribution in [3.05, 3.63) is 18.1 Å². The Hall–Kier alpha value is -1.77. The normalized spacial score (nSPS) is 23.2. The third-order valence-corrected chi connectivity index (χ3v) is 2.84. The second-order valence-corrected chi connectivity index (χ2v) is 4.39. The van der Waals surface area contributed by atoms with E-state index in [1.54, 1.807) is 4.90 Å². The Bertz CT molecular complexity index is 438. The highest BCUT2D eigenvalue weighted by Gasteiger charge is 2.29. The van der Waals surface area contributed by atoms with Crippen LogP contribution in [0.3, 0.4) is 0 Å². The first-order chi connectivity index (χ1) is 9.13. The fourth-order valence-corrected chi connectivity index (χ4v) is 1.99. The van der Waals surface area contributed by atoms with Gasteiger partial charge in [0.05, 0.1) is 31.2 Å². The largest absolute Gasteiger partial charge is 0.394 e. The summed E-state index contributed by atoms with van der Waals surface area (Å²) in [6, 6.07) is 0. The zero-order valence-electron chi connectivity index (χ0n) is 10.6. The summed E-state index contributed by atoms with van der Waals surface area (Å²) in [5, 5.41) is 9.13. The minimum absolute atomic E-state index is 0.115. The summed E-state index contributed by atoms with van der Waals surface area (Å²) in [6.07, 6.45) is 2.28. The molecule has 0 aliphatic carbocycles. The van der Waals surface area contributed by atoms with Crippen molar-refractivity contribution in [2.45, 2.75) is 19.1 Å². The van der Waals surface area contributed by atoms with Crippen molar-refractivity contribution in [2.75, 3.05) is 25.1 Å². The number of rotatable bonds is 3. The number of anilines is 1. The van der Waals surface area contributed by atoms with Gasteiger partial charge in [0.1, 0.15) is 5.69 Å². The molecule has 8 heteroatoms. The van der Waals surface area contributed by atoms with E-state index >= 15 is 0 Å². The average molecular weight is 267 g/mol. The number of aliphatic hydroxyl groups excluding tert-OH is 1. The summed E-state index contributed by atoms with van der Waals surface area (Å²) < 4.78 is 5.48. The van der Waals surface area contributed by atoms with E-state index in [0.29, 0.717) is 18.9 Å². The van der Waals surface area contributed by atoms with Crippen LogP contribution in [0, 0.1) is 0 Å². The number of carbonyl (C=O) groups excluding carboxylic acids is 1. The summed E-state index contributed by atoms with van der Waals surface area (Å²) in [4.78, 5) is 21.8. The second kappa shape index (κ2) is 5.91. The maximum atomic E-state index is 12.2. The van der Waals surface area contributed by atoms with Gasteiger partial charge in [-0.25, -0.2) is 15.8 Å². The van der Waals surface area contributed by atoms with E-state index in [4.69, 9.17) is 15.7 Å². The second-order valence-electron chi connectivity index (χ2n) is 4.39. The number of carbonyl (C=O) groups is 1. The van der Waals surface area contributed by atoms with Crippen LogP contribution < -0.4 is 11.3 Å². The Morgan fingerprint density at radius 1 is 1.58 bits per heavy atom. The smallest absolute Gasteiger partial charge is 0.274 e. The summed E-state index contributed by atoms with van der Waals surface area (Å²) in [5.74, 6) is 5.34. The van der Waals surface area contributed by atoms with E-state index in [-0.39, 0.29) is 30.4 Å². The first kappa shape index (κ1) is 13.7. The number of nitrogens with one attached hydrogen (secondary N) is 1. The molecule has 0 aromatic carbocycles. The van der Waals surface area contributed by atoms with Gasteiger partial charge in [0.25, 0.3) is 5.91 Å². The number of nitrogens with zero attached hydrogens (tertiary/aromatic N) is 3. The standard InChI is InChI=1S/C11H17N5O3/c1-7-4-16(5-8(6-17)19-7)11(18)9-2-14-10(15-12)3-13-9/h2-3,7-8,17H,4-6,12H2,1H3,(H,14,15). The van der Waals surface area contributed by atoms with Crippen LogP contribution in [0.2, 0.25) is 0 Å². The number of amides is 1. The molecule has 104 valence electrons. The fraction of sp³-hybridized carbons (Fsp3) is 0.545. The number of nitrogens with two attached hydrogens (primary N) is 1. The lowest BCUT2D eigenvalue weighted by Gasteiger charge is -2.35. The summed E-state index contributed by atoms with van der Waals surface area (Å²) in [5.41, 5.74) is 2.58. The summed E-state index contributed by atoms with van der Waals surface area (Å²) in [7, 11) is 0. The van der Waals surface area contributed by atoms with Crippen LogP contribution in [0.15, 0.2) is 12.4 Å². The molecule has 1 aromatic rings. The van der Waals surface area contributed by atoms with Gasteiger partial charge in [0, 0.05) is 13.1 Å². The lowest BCUT2D eigenvalue weighted by atomic mass is 10.2. The van der Waals surface area contributed by atoms with Gasteiger partial charge in [-0.1, -0.05) is 0 Å². The molecule has 8 nitrogen and oxygen atoms in total. The van der Waals surface area contributed by atoms with Crippen molar-refractivity contribution in [3.63, 3.8) is 0 Å². The van der Waals surface area contributed by atoms with E-state index < -0.39 is 0 Å². The lowest BCUT2D eigenvalue weighted by molar-refractivity contribution is -0.0859. The van der Waals surface area contributed by atoms with Crippen LogP contribution >= 0.6 is 0 Å². The van der Waals surface area contributed by atoms with Crippen molar-refractivity contribution >= 4 is 11.7 Å². The summed E-state index contributed by atoms with van der Waals surface area (Å²) in [6.45, 7) is 2.55. The minimum Gasteiger partial charge on any atom is -0.394 e. The lowest BCUT2D eigenvalue weighted by Crippen LogP contribution is -2.50. The number of ether oxygens (including phenoxy) is 1. The van der Waals surface area contributed by atoms with Gasteiger partial charge in [-0.2, -0.15) is 0 Å². The number of hydrazine groups is 1. The number of morpholine rings is 1. The van der Waals surface area contributed by atoms with Crippen LogP contribution in [0.4, 0.5) is 5.82 Å². The molecule has 2 rings (SSSR count). The third kappa shape index (κ3) is 3.16. The molecule has 19 heavy (non-hydrogen) atoms. The predicted octanol–water partition coefficient (Wildman–Crippen LogP) is -1.02. The molecule has 2 unspecified atom stereocenters. The maximum Gasteiger partial charge on any atom is 0.274 e. The van der Waals surface area contributed by atoms with Crippen LogP contribution in [0.1, 0.15) is 17.4 Å². The Balaban J connectivity index is 2.09. The molecule has 0 bridgehead atoms. The average Bonchev–Trinajstić information content (AvgIpc) is 2.46. The van der Waals surface area contributed by atoms with E-state index in [1.807, 2.05) is 6.92 Å². The first-order valence-corrected chi connectivity index (χ1v) is 5.98. The highest BCUT2D eigenvalue weighted by molar-refractivity contribution is 5.92. The highest BCUT2D eigenvalue weighted by Crippen LogP contribution is 2.13. The summed E-state index contributed by atoms with van der Waals surface area (Å²) >= 11 is 0. The molecular weight excluding hydrogens is 250 g/mol. The molecule has 4 N–H and O–H groups in total. The fourth-order valence-electron chi connectivity index (χ4n) is 1.99. The topological polar surface area (TPSA) is 114 Å². The van der Waals surface area contributed by atoms with Crippen molar-refractivity contribution in [3.8, 4) is 0 Å². The number of aromatic nitrogens is 2. The highest BCUT2D eigenvalue weighted by atomic mass is 16.5. The molecule has 2 heterocycles. The van der Waals surface area contributed by atoms with E-state index in [0.717, 1.165) is 0 Å². The van der Waals surface area contributed by atoms with Crippen LogP contribution in [0.25, 0.3) is 0 Å². The third-order valence-electron chi connectivity index (χ3n) is 2.84. The quantitative estimate of drug-likeness (QED) is 0.474. The Labute approximate surface area is 110 Å². The molecule has 1 amide bonds. The maximum absolute atomic E-state index is 12.2. The van der Waals surface area contributed by atoms with Gasteiger partial charge < -0.3 is 20.2 Å². The molecule has 1 fully saturated rings. The monoisotopic (exact) mass is 267 g/mol. The molecule has 2 atom stereocenters. The first-order valence-electron chi connectivity index (χ1n) is 5.98. The van der Waals surface area contributed by atoms with E-state index in [9.17, 15) is 4.79 Å². The van der Waals surface area contributed by atoms with Gasteiger partial charge in [-0.3, -0.25) is 4.79 Å². The van der Waals surface area contributed by atoms with Gasteiger partial charge in [-0.05, 0) is 6.92 Å². The number of hydrogen-bond donors (Lipinski definition) is 3. The minimum atomic E-state index is -0.356. The molecule has 1 aliphatic heterocycles. The van der Waals surface area contributed by atoms with Gasteiger partial charge in [-0.15, -0.1) is 0 Å². The molecule has 0 saturated carbocycles. The van der Waals surface area contributed by atoms with Crippen molar-refractivity contribution in [1.29, 1.82) is 0 Å². The Morgan fingerprint density at radius 3 is 2.95 bits per heavy atom. The molecule has 0 radical (unpaired) electrons. The number of aliphatic hydroxyl groups is 1. The zero-order valence-corrected chi connectivity index (χ0v) is 10.6. The van der Waals surface area contributed by atoms with Gasteiger partial charge >= 0.3 is 0 Å².